The lowest BCUT2D eigenvalue weighted by atomic mass is 10.2. The number of carbonyl (C=O) groups excluding carboxylic acids is 1. The predicted octanol–water partition coefficient (Wildman–Crippen LogP) is 4.15. The number of thioether (sulfide) groups is 1. The monoisotopic (exact) mass is 431 g/mol. The third-order valence-electron chi connectivity index (χ3n) is 3.88. The summed E-state index contributed by atoms with van der Waals surface area (Å²) in [6.07, 6.45) is 3.33. The van der Waals surface area contributed by atoms with Gasteiger partial charge in [0.1, 0.15) is 15.0 Å². The number of nitrogens with zero attached hydrogens (tertiary/aromatic N) is 1. The van der Waals surface area contributed by atoms with E-state index in [9.17, 15) is 13.2 Å². The van der Waals surface area contributed by atoms with Gasteiger partial charge in [0.05, 0.1) is 4.91 Å². The van der Waals surface area contributed by atoms with E-state index in [4.69, 9.17) is 16.4 Å². The van der Waals surface area contributed by atoms with E-state index in [0.717, 1.165) is 11.1 Å². The fourth-order valence-electron chi connectivity index (χ4n) is 2.44. The van der Waals surface area contributed by atoms with Crippen LogP contribution in [0.2, 0.25) is 0 Å². The zero-order valence-corrected chi connectivity index (χ0v) is 17.4. The summed E-state index contributed by atoms with van der Waals surface area (Å²) in [5.41, 5.74) is 1.70. The van der Waals surface area contributed by atoms with Gasteiger partial charge in [0.25, 0.3) is 5.91 Å². The lowest BCUT2D eigenvalue weighted by molar-refractivity contribution is -0.121. The summed E-state index contributed by atoms with van der Waals surface area (Å²) in [6.45, 7) is 5.86. The molecular formula is C20H17NO4S3. The molecule has 3 rings (SSSR count). The van der Waals surface area contributed by atoms with Gasteiger partial charge in [-0.1, -0.05) is 59.9 Å². The van der Waals surface area contributed by atoms with Crippen molar-refractivity contribution in [2.45, 2.75) is 11.8 Å². The summed E-state index contributed by atoms with van der Waals surface area (Å²) in [5, 5.41) is 0. The summed E-state index contributed by atoms with van der Waals surface area (Å²) in [4.78, 5) is 14.4. The van der Waals surface area contributed by atoms with E-state index in [-0.39, 0.29) is 16.6 Å². The highest BCUT2D eigenvalue weighted by molar-refractivity contribution is 8.26. The minimum absolute atomic E-state index is 0.0908. The average molecular weight is 432 g/mol. The Kier molecular flexibility index (Phi) is 6.02. The van der Waals surface area contributed by atoms with E-state index in [1.165, 1.54) is 28.8 Å². The van der Waals surface area contributed by atoms with Crippen LogP contribution in [0.15, 0.2) is 71.0 Å². The van der Waals surface area contributed by atoms with Crippen LogP contribution in [-0.4, -0.2) is 30.1 Å². The Morgan fingerprint density at radius 1 is 1.14 bits per heavy atom. The lowest BCUT2D eigenvalue weighted by Gasteiger charge is -2.10. The zero-order chi connectivity index (χ0) is 20.3. The number of hydrogen-bond acceptors (Lipinski definition) is 6. The molecule has 28 heavy (non-hydrogen) atoms. The third kappa shape index (κ3) is 4.52. The highest BCUT2D eigenvalue weighted by Crippen LogP contribution is 2.32. The van der Waals surface area contributed by atoms with Crippen LogP contribution in [-0.2, 0) is 14.9 Å². The molecule has 0 spiro atoms. The van der Waals surface area contributed by atoms with Gasteiger partial charge in [-0.25, -0.2) is 0 Å². The van der Waals surface area contributed by atoms with Gasteiger partial charge in [0.15, 0.2) is 0 Å². The molecule has 1 amide bonds. The normalized spacial score (nSPS) is 15.9. The predicted molar refractivity (Wildman–Crippen MR) is 116 cm³/mol. The second-order valence-corrected chi connectivity index (χ2v) is 9.22. The van der Waals surface area contributed by atoms with Crippen LogP contribution in [0.1, 0.15) is 11.1 Å². The topological polar surface area (TPSA) is 63.7 Å². The van der Waals surface area contributed by atoms with Gasteiger partial charge >= 0.3 is 10.1 Å². The molecule has 8 heteroatoms. The smallest absolute Gasteiger partial charge is 0.339 e. The number of hydrogen-bond donors (Lipinski definition) is 0. The first kappa shape index (κ1) is 20.3. The van der Waals surface area contributed by atoms with Gasteiger partial charge in [-0.3, -0.25) is 9.69 Å². The van der Waals surface area contributed by atoms with Crippen molar-refractivity contribution in [1.82, 2.24) is 4.90 Å². The summed E-state index contributed by atoms with van der Waals surface area (Å²) in [7, 11) is -3.90. The fraction of sp³-hybridized carbons (Fsp3) is 0.100. The molecule has 2 aromatic carbocycles. The molecule has 0 unspecified atom stereocenters. The Balaban J connectivity index is 1.75. The lowest BCUT2D eigenvalue weighted by Crippen LogP contribution is -2.27. The average Bonchev–Trinajstić information content (AvgIpc) is 2.91. The molecule has 0 radical (unpaired) electrons. The highest BCUT2D eigenvalue weighted by Gasteiger charge is 2.30. The van der Waals surface area contributed by atoms with Crippen molar-refractivity contribution in [2.75, 3.05) is 6.54 Å². The maximum absolute atomic E-state index is 12.3. The van der Waals surface area contributed by atoms with E-state index in [0.29, 0.717) is 15.8 Å². The Bertz CT molecular complexity index is 1060. The first-order chi connectivity index (χ1) is 13.3. The Hall–Kier alpha value is -2.42. The fourth-order valence-corrected chi connectivity index (χ4v) is 4.64. The maximum Gasteiger partial charge on any atom is 0.339 e. The van der Waals surface area contributed by atoms with Crippen molar-refractivity contribution in [3.63, 3.8) is 0 Å². The molecule has 5 nitrogen and oxygen atoms in total. The molecule has 0 N–H and O–H groups in total. The molecule has 0 bridgehead atoms. The Labute approximate surface area is 173 Å². The van der Waals surface area contributed by atoms with Gasteiger partial charge in [0.2, 0.25) is 0 Å². The van der Waals surface area contributed by atoms with Gasteiger partial charge in [0, 0.05) is 6.54 Å². The number of aryl methyl sites for hydroxylation is 1. The molecule has 144 valence electrons. The second kappa shape index (κ2) is 8.30. The highest BCUT2D eigenvalue weighted by atomic mass is 32.2. The van der Waals surface area contributed by atoms with Crippen LogP contribution in [0.3, 0.4) is 0 Å². The SMILES string of the molecule is C=CCN1C(=O)/C(=C\c2ccc(OS(=O)(=O)c3ccc(C)cc3)cc2)SC1=S. The van der Waals surface area contributed by atoms with Crippen LogP contribution in [0.25, 0.3) is 6.08 Å². The molecule has 0 aliphatic carbocycles. The number of carbonyl (C=O) groups is 1. The largest absolute Gasteiger partial charge is 0.379 e. The molecule has 1 fully saturated rings. The quantitative estimate of drug-likeness (QED) is 0.296. The zero-order valence-electron chi connectivity index (χ0n) is 15.0. The summed E-state index contributed by atoms with van der Waals surface area (Å²) in [6, 6.07) is 12.9. The molecule has 1 heterocycles. The summed E-state index contributed by atoms with van der Waals surface area (Å²) < 4.78 is 30.4. The molecule has 0 aromatic heterocycles. The molecule has 1 aliphatic heterocycles. The number of amides is 1. The van der Waals surface area contributed by atoms with Crippen molar-refractivity contribution in [1.29, 1.82) is 0 Å². The Morgan fingerprint density at radius 2 is 1.79 bits per heavy atom. The number of rotatable bonds is 6. The van der Waals surface area contributed by atoms with E-state index in [1.807, 2.05) is 6.92 Å². The van der Waals surface area contributed by atoms with E-state index in [1.54, 1.807) is 48.6 Å². The number of thiocarbonyl (C=S) groups is 1. The molecule has 1 saturated heterocycles. The van der Waals surface area contributed by atoms with Gasteiger partial charge < -0.3 is 4.18 Å². The standard InChI is InChI=1S/C20H17NO4S3/c1-3-12-21-19(22)18(27-20(21)26)13-15-6-8-16(9-7-15)25-28(23,24)17-10-4-14(2)5-11-17/h3-11,13H,1,12H2,2H3/b18-13+. The number of benzene rings is 2. The van der Waals surface area contributed by atoms with Crippen LogP contribution >= 0.6 is 24.0 Å². The first-order valence-electron chi connectivity index (χ1n) is 8.27. The van der Waals surface area contributed by atoms with Crippen LogP contribution in [0.4, 0.5) is 0 Å². The van der Waals surface area contributed by atoms with Gasteiger partial charge in [-0.05, 0) is 42.8 Å². The first-order valence-corrected chi connectivity index (χ1v) is 10.9. The van der Waals surface area contributed by atoms with Crippen molar-refractivity contribution >= 4 is 50.4 Å². The summed E-state index contributed by atoms with van der Waals surface area (Å²) >= 11 is 6.43. The van der Waals surface area contributed by atoms with E-state index < -0.39 is 10.1 Å². The van der Waals surface area contributed by atoms with E-state index in [2.05, 4.69) is 6.58 Å². The second-order valence-electron chi connectivity index (χ2n) is 6.00. The minimum Gasteiger partial charge on any atom is -0.379 e. The van der Waals surface area contributed by atoms with Crippen molar-refractivity contribution in [3.8, 4) is 5.75 Å². The molecule has 0 atom stereocenters. The van der Waals surface area contributed by atoms with Crippen LogP contribution in [0.5, 0.6) is 5.75 Å². The molecular weight excluding hydrogens is 414 g/mol. The van der Waals surface area contributed by atoms with Gasteiger partial charge in [-0.15, -0.1) is 6.58 Å². The molecule has 2 aromatic rings. The molecule has 0 saturated carbocycles. The third-order valence-corrected chi connectivity index (χ3v) is 6.52. The van der Waals surface area contributed by atoms with Crippen molar-refractivity contribution in [2.24, 2.45) is 0 Å². The van der Waals surface area contributed by atoms with Gasteiger partial charge in [-0.2, -0.15) is 8.42 Å². The molecule has 1 aliphatic rings. The van der Waals surface area contributed by atoms with E-state index >= 15 is 0 Å². The van der Waals surface area contributed by atoms with Crippen LogP contribution < -0.4 is 4.18 Å². The van der Waals surface area contributed by atoms with Crippen LogP contribution in [0, 0.1) is 6.92 Å². The maximum atomic E-state index is 12.3. The Morgan fingerprint density at radius 3 is 2.39 bits per heavy atom. The minimum atomic E-state index is -3.90. The van der Waals surface area contributed by atoms with Crippen molar-refractivity contribution < 1.29 is 17.4 Å². The van der Waals surface area contributed by atoms with Crippen molar-refractivity contribution in [3.05, 3.63) is 77.2 Å². The summed E-state index contributed by atoms with van der Waals surface area (Å²) in [5.74, 6) is 0.0223.